The molecule has 39 heavy (non-hydrogen) atoms. The Morgan fingerprint density at radius 1 is 1.03 bits per heavy atom. The molecule has 2 aromatic carbocycles. The maximum absolute atomic E-state index is 13.3. The third kappa shape index (κ3) is 5.35. The first-order valence-electron chi connectivity index (χ1n) is 13.5. The van der Waals surface area contributed by atoms with Gasteiger partial charge in [0.25, 0.3) is 5.91 Å². The summed E-state index contributed by atoms with van der Waals surface area (Å²) in [4.78, 5) is 29.6. The molecule has 3 heterocycles. The van der Waals surface area contributed by atoms with Crippen LogP contribution in [0.15, 0.2) is 81.8 Å². The lowest BCUT2D eigenvalue weighted by Crippen LogP contribution is -2.41. The summed E-state index contributed by atoms with van der Waals surface area (Å²) in [5, 5.41) is 0. The Morgan fingerprint density at radius 2 is 1.85 bits per heavy atom. The van der Waals surface area contributed by atoms with Crippen molar-refractivity contribution in [3.63, 3.8) is 0 Å². The average molecular weight is 525 g/mol. The van der Waals surface area contributed by atoms with Crippen molar-refractivity contribution < 1.29 is 23.2 Å². The van der Waals surface area contributed by atoms with Crippen LogP contribution in [0.4, 0.5) is 0 Å². The number of rotatable bonds is 8. The molecule has 7 heteroatoms. The van der Waals surface area contributed by atoms with Gasteiger partial charge in [0.15, 0.2) is 5.76 Å². The highest BCUT2D eigenvalue weighted by Gasteiger charge is 2.39. The third-order valence-electron chi connectivity index (χ3n) is 7.52. The van der Waals surface area contributed by atoms with Crippen LogP contribution in [0.1, 0.15) is 63.2 Å². The second kappa shape index (κ2) is 10.5. The summed E-state index contributed by atoms with van der Waals surface area (Å²) >= 11 is 0. The van der Waals surface area contributed by atoms with E-state index in [0.717, 1.165) is 36.9 Å². The number of nitrogens with zero attached hydrogens (tertiary/aromatic N) is 2. The summed E-state index contributed by atoms with van der Waals surface area (Å²) in [7, 11) is 1.71. The van der Waals surface area contributed by atoms with Crippen molar-refractivity contribution >= 4 is 11.8 Å². The maximum atomic E-state index is 13.3. The minimum Gasteiger partial charge on any atom is -0.486 e. The number of fused-ring (bicyclic) bond motifs is 1. The molecule has 1 atom stereocenters. The summed E-state index contributed by atoms with van der Waals surface area (Å²) in [6.07, 6.45) is 4.38. The fourth-order valence-electron chi connectivity index (χ4n) is 5.21. The molecule has 1 saturated carbocycles. The van der Waals surface area contributed by atoms with Crippen LogP contribution in [0.2, 0.25) is 0 Å². The minimum atomic E-state index is -0.229. The number of carbonyl (C=O) groups excluding carboxylic acids is 2. The summed E-state index contributed by atoms with van der Waals surface area (Å²) in [6.45, 7) is 3.34. The van der Waals surface area contributed by atoms with Crippen molar-refractivity contribution in [2.45, 2.75) is 45.4 Å². The van der Waals surface area contributed by atoms with Gasteiger partial charge in [0.1, 0.15) is 23.9 Å². The molecular weight excluding hydrogens is 492 g/mol. The second-order valence-electron chi connectivity index (χ2n) is 10.5. The number of hydrogen-bond acceptors (Lipinski definition) is 5. The van der Waals surface area contributed by atoms with E-state index < -0.39 is 0 Å². The van der Waals surface area contributed by atoms with Gasteiger partial charge < -0.3 is 23.4 Å². The van der Waals surface area contributed by atoms with Crippen molar-refractivity contribution in [2.24, 2.45) is 5.92 Å². The Hall–Kier alpha value is -4.26. The van der Waals surface area contributed by atoms with E-state index in [0.29, 0.717) is 23.8 Å². The predicted molar refractivity (Wildman–Crippen MR) is 145 cm³/mol. The van der Waals surface area contributed by atoms with E-state index in [9.17, 15) is 9.59 Å². The van der Waals surface area contributed by atoms with Gasteiger partial charge in [0.2, 0.25) is 5.91 Å². The van der Waals surface area contributed by atoms with Crippen LogP contribution >= 0.6 is 0 Å². The van der Waals surface area contributed by atoms with E-state index in [1.54, 1.807) is 36.4 Å². The fourth-order valence-corrected chi connectivity index (χ4v) is 5.21. The first-order valence-corrected chi connectivity index (χ1v) is 13.5. The van der Waals surface area contributed by atoms with Crippen LogP contribution in [0, 0.1) is 12.8 Å². The molecule has 4 aromatic rings. The van der Waals surface area contributed by atoms with Crippen LogP contribution in [0.25, 0.3) is 0 Å². The molecule has 1 aliphatic heterocycles. The van der Waals surface area contributed by atoms with Gasteiger partial charge in [-0.2, -0.15) is 0 Å². The Bertz CT molecular complexity index is 1470. The molecule has 7 nitrogen and oxygen atoms in total. The van der Waals surface area contributed by atoms with Crippen molar-refractivity contribution in [1.29, 1.82) is 0 Å². The molecule has 0 bridgehead atoms. The van der Waals surface area contributed by atoms with Crippen LogP contribution in [-0.4, -0.2) is 35.2 Å². The molecule has 0 N–H and O–H groups in total. The van der Waals surface area contributed by atoms with Crippen LogP contribution in [0.5, 0.6) is 5.75 Å². The first-order chi connectivity index (χ1) is 19.0. The van der Waals surface area contributed by atoms with Crippen LogP contribution < -0.4 is 4.74 Å². The van der Waals surface area contributed by atoms with E-state index in [1.807, 2.05) is 12.1 Å². The quantitative estimate of drug-likeness (QED) is 0.286. The van der Waals surface area contributed by atoms with Crippen molar-refractivity contribution in [3.8, 4) is 5.75 Å². The predicted octanol–water partition coefficient (Wildman–Crippen LogP) is 5.92. The lowest BCUT2D eigenvalue weighted by Gasteiger charge is -2.38. The van der Waals surface area contributed by atoms with E-state index in [-0.39, 0.29) is 36.1 Å². The van der Waals surface area contributed by atoms with Gasteiger partial charge in [-0.05, 0) is 79.3 Å². The van der Waals surface area contributed by atoms with Gasteiger partial charge in [0, 0.05) is 19.5 Å². The van der Waals surface area contributed by atoms with Gasteiger partial charge in [-0.15, -0.1) is 0 Å². The molecule has 1 unspecified atom stereocenters. The highest BCUT2D eigenvalue weighted by Crippen LogP contribution is 2.41. The largest absolute Gasteiger partial charge is 0.486 e. The molecule has 1 fully saturated rings. The van der Waals surface area contributed by atoms with Crippen molar-refractivity contribution in [2.75, 3.05) is 13.6 Å². The summed E-state index contributed by atoms with van der Waals surface area (Å²) < 4.78 is 17.3. The topological polar surface area (TPSA) is 76.1 Å². The molecule has 0 radical (unpaired) electrons. The number of furan rings is 2. The van der Waals surface area contributed by atoms with Crippen LogP contribution in [0.3, 0.4) is 0 Å². The zero-order valence-corrected chi connectivity index (χ0v) is 22.3. The fraction of sp³-hybridized carbons (Fsp3) is 0.312. The average Bonchev–Trinajstić information content (AvgIpc) is 3.47. The van der Waals surface area contributed by atoms with Crippen molar-refractivity contribution in [1.82, 2.24) is 9.80 Å². The highest BCUT2D eigenvalue weighted by atomic mass is 16.5. The van der Waals surface area contributed by atoms with Gasteiger partial charge >= 0.3 is 0 Å². The van der Waals surface area contributed by atoms with Gasteiger partial charge in [-0.25, -0.2) is 0 Å². The Balaban J connectivity index is 1.19. The van der Waals surface area contributed by atoms with E-state index in [4.69, 9.17) is 13.6 Å². The zero-order chi connectivity index (χ0) is 26.9. The van der Waals surface area contributed by atoms with Crippen molar-refractivity contribution in [3.05, 3.63) is 113 Å². The molecule has 2 aliphatic rings. The zero-order valence-electron chi connectivity index (χ0n) is 22.3. The number of aryl methyl sites for hydroxylation is 1. The molecule has 2 aromatic heterocycles. The van der Waals surface area contributed by atoms with Gasteiger partial charge in [-0.3, -0.25) is 9.59 Å². The summed E-state index contributed by atoms with van der Waals surface area (Å²) in [5.41, 5.74) is 4.64. The van der Waals surface area contributed by atoms with E-state index >= 15 is 0 Å². The molecule has 200 valence electrons. The van der Waals surface area contributed by atoms with E-state index in [2.05, 4.69) is 48.2 Å². The number of amides is 2. The summed E-state index contributed by atoms with van der Waals surface area (Å²) in [6, 6.07) is 21.5. The van der Waals surface area contributed by atoms with Gasteiger partial charge in [-0.1, -0.05) is 35.9 Å². The van der Waals surface area contributed by atoms with E-state index in [1.165, 1.54) is 11.1 Å². The third-order valence-corrected chi connectivity index (χ3v) is 7.52. The smallest absolute Gasteiger partial charge is 0.289 e. The van der Waals surface area contributed by atoms with Gasteiger partial charge in [0.05, 0.1) is 18.8 Å². The van der Waals surface area contributed by atoms with Crippen LogP contribution in [-0.2, 0) is 24.4 Å². The maximum Gasteiger partial charge on any atom is 0.289 e. The molecular formula is C32H32N2O5. The summed E-state index contributed by atoms with van der Waals surface area (Å²) in [5.74, 6) is 2.40. The molecule has 6 rings (SSSR count). The molecule has 1 aliphatic carbocycles. The number of hydrogen-bond donors (Lipinski definition) is 0. The Labute approximate surface area is 228 Å². The normalized spacial score (nSPS) is 16.6. The minimum absolute atomic E-state index is 0.136. The number of benzene rings is 2. The SMILES string of the molecule is Cc1ccc(C2c3cc(OCc4ccc(C(=O)N(C)Cc5ccco5)o4)ccc3CCN2C(=O)C2CC2)cc1. The second-order valence-corrected chi connectivity index (χ2v) is 10.5. The lowest BCUT2D eigenvalue weighted by atomic mass is 9.87. The molecule has 0 spiro atoms. The highest BCUT2D eigenvalue weighted by molar-refractivity contribution is 5.91. The number of carbonyl (C=O) groups is 2. The standard InChI is InChI=1S/C32H32N2O5/c1-21-5-7-23(8-6-21)30-28-18-25(12-11-22(28)15-16-34(30)31(35)24-9-10-24)38-20-27-13-14-29(39-27)32(36)33(2)19-26-4-3-17-37-26/h3-8,11-14,17-18,24,30H,9-10,15-16,19-20H2,1-2H3. The Kier molecular flexibility index (Phi) is 6.73. The number of ether oxygens (including phenoxy) is 1. The first kappa shape index (κ1) is 25.0. The monoisotopic (exact) mass is 524 g/mol. The Morgan fingerprint density at radius 3 is 2.59 bits per heavy atom. The lowest BCUT2D eigenvalue weighted by molar-refractivity contribution is -0.134. The molecule has 0 saturated heterocycles. The molecule has 2 amide bonds.